The van der Waals surface area contributed by atoms with E-state index in [0.29, 0.717) is 18.9 Å². The van der Waals surface area contributed by atoms with Crippen LogP contribution in [0.1, 0.15) is 6.42 Å². The minimum absolute atomic E-state index is 0.139. The van der Waals surface area contributed by atoms with Crippen LogP contribution < -0.4 is 4.74 Å². The van der Waals surface area contributed by atoms with E-state index in [1.807, 2.05) is 30.3 Å². The second-order valence-corrected chi connectivity index (χ2v) is 4.33. The molecule has 1 aromatic heterocycles. The highest BCUT2D eigenvalue weighted by Gasteiger charge is 1.99. The van der Waals surface area contributed by atoms with E-state index in [9.17, 15) is 0 Å². The molecule has 4 heteroatoms. The number of aliphatic hydroxyl groups excluding tert-OH is 1. The predicted molar refractivity (Wildman–Crippen MR) is 66.6 cm³/mol. The maximum atomic E-state index is 8.64. The number of benzene rings is 1. The first kappa shape index (κ1) is 11.4. The molecule has 2 rings (SSSR count). The lowest BCUT2D eigenvalue weighted by Gasteiger charge is -2.05. The topological polar surface area (TPSA) is 42.4 Å². The predicted octanol–water partition coefficient (Wildman–Crippen LogP) is 2.76. The van der Waals surface area contributed by atoms with Crippen LogP contribution in [0.25, 0.3) is 10.9 Å². The molecule has 0 unspecified atom stereocenters. The molecule has 3 nitrogen and oxygen atoms in total. The largest absolute Gasteiger partial charge is 0.478 e. The molecule has 1 heterocycles. The molecule has 0 spiro atoms. The van der Waals surface area contributed by atoms with Gasteiger partial charge in [0.15, 0.2) is 0 Å². The Morgan fingerprint density at radius 1 is 1.25 bits per heavy atom. The fourth-order valence-electron chi connectivity index (χ4n) is 1.40. The maximum Gasteiger partial charge on any atom is 0.213 e. The van der Waals surface area contributed by atoms with Crippen molar-refractivity contribution < 1.29 is 9.84 Å². The van der Waals surface area contributed by atoms with Gasteiger partial charge >= 0.3 is 0 Å². The molecule has 1 aromatic carbocycles. The van der Waals surface area contributed by atoms with E-state index >= 15 is 0 Å². The standard InChI is InChI=1S/C12H12BrNO2/c13-10-3-4-11-9(8-10)2-5-12(14-11)16-7-1-6-15/h2-5,8,15H,1,6-7H2. The zero-order chi connectivity index (χ0) is 11.4. The molecule has 0 aliphatic heterocycles. The van der Waals surface area contributed by atoms with Crippen LogP contribution in [0.4, 0.5) is 0 Å². The van der Waals surface area contributed by atoms with Crippen LogP contribution in [0.5, 0.6) is 5.88 Å². The number of rotatable bonds is 4. The van der Waals surface area contributed by atoms with Crippen molar-refractivity contribution in [3.63, 3.8) is 0 Å². The number of aromatic nitrogens is 1. The zero-order valence-electron chi connectivity index (χ0n) is 8.69. The Kier molecular flexibility index (Phi) is 3.74. The third-order valence-electron chi connectivity index (χ3n) is 2.18. The fraction of sp³-hybridized carbons (Fsp3) is 0.250. The summed E-state index contributed by atoms with van der Waals surface area (Å²) >= 11 is 3.42. The third-order valence-corrected chi connectivity index (χ3v) is 2.67. The van der Waals surface area contributed by atoms with Crippen LogP contribution in [-0.4, -0.2) is 23.3 Å². The van der Waals surface area contributed by atoms with Crippen LogP contribution >= 0.6 is 15.9 Å². The first-order chi connectivity index (χ1) is 7.79. The molecular weight excluding hydrogens is 270 g/mol. The van der Waals surface area contributed by atoms with Crippen LogP contribution in [0.3, 0.4) is 0 Å². The van der Waals surface area contributed by atoms with Gasteiger partial charge in [0.2, 0.25) is 5.88 Å². The highest BCUT2D eigenvalue weighted by Crippen LogP contribution is 2.20. The molecule has 1 N–H and O–H groups in total. The molecule has 0 aliphatic carbocycles. The molecule has 0 fully saturated rings. The zero-order valence-corrected chi connectivity index (χ0v) is 10.3. The summed E-state index contributed by atoms with van der Waals surface area (Å²) in [6.45, 7) is 0.631. The number of nitrogens with zero attached hydrogens (tertiary/aromatic N) is 1. The van der Waals surface area contributed by atoms with Crippen molar-refractivity contribution in [1.82, 2.24) is 4.98 Å². The Hall–Kier alpha value is -1.13. The van der Waals surface area contributed by atoms with E-state index in [0.717, 1.165) is 15.4 Å². The van der Waals surface area contributed by atoms with Gasteiger partial charge in [-0.3, -0.25) is 0 Å². The monoisotopic (exact) mass is 281 g/mol. The molecule has 0 aliphatic rings. The van der Waals surface area contributed by atoms with Gasteiger partial charge in [-0.1, -0.05) is 15.9 Å². The lowest BCUT2D eigenvalue weighted by molar-refractivity contribution is 0.229. The van der Waals surface area contributed by atoms with E-state index in [-0.39, 0.29) is 6.61 Å². The summed E-state index contributed by atoms with van der Waals surface area (Å²) in [7, 11) is 0. The lowest BCUT2D eigenvalue weighted by Crippen LogP contribution is -2.01. The number of ether oxygens (including phenoxy) is 1. The second kappa shape index (κ2) is 5.27. The SMILES string of the molecule is OCCCOc1ccc2cc(Br)ccc2n1. The quantitative estimate of drug-likeness (QED) is 0.877. The molecule has 84 valence electrons. The van der Waals surface area contributed by atoms with Crippen molar-refractivity contribution in [2.45, 2.75) is 6.42 Å². The van der Waals surface area contributed by atoms with Gasteiger partial charge in [0.05, 0.1) is 12.1 Å². The van der Waals surface area contributed by atoms with Crippen molar-refractivity contribution in [3.05, 3.63) is 34.8 Å². The fourth-order valence-corrected chi connectivity index (χ4v) is 1.78. The minimum Gasteiger partial charge on any atom is -0.478 e. The number of halogens is 1. The van der Waals surface area contributed by atoms with Gasteiger partial charge < -0.3 is 9.84 Å². The third kappa shape index (κ3) is 2.71. The Morgan fingerprint density at radius 2 is 2.12 bits per heavy atom. The van der Waals surface area contributed by atoms with E-state index in [2.05, 4.69) is 20.9 Å². The Morgan fingerprint density at radius 3 is 2.94 bits per heavy atom. The van der Waals surface area contributed by atoms with E-state index in [1.165, 1.54) is 0 Å². The number of pyridine rings is 1. The van der Waals surface area contributed by atoms with Crippen LogP contribution in [0, 0.1) is 0 Å². The van der Waals surface area contributed by atoms with Gasteiger partial charge in [-0.25, -0.2) is 4.98 Å². The summed E-state index contributed by atoms with van der Waals surface area (Å²) in [5.74, 6) is 0.600. The first-order valence-corrected chi connectivity index (χ1v) is 5.89. The number of hydrogen-bond acceptors (Lipinski definition) is 3. The number of aliphatic hydroxyl groups is 1. The molecule has 0 amide bonds. The van der Waals surface area contributed by atoms with Crippen LogP contribution in [0.15, 0.2) is 34.8 Å². The van der Waals surface area contributed by atoms with Gasteiger partial charge in [0.1, 0.15) is 0 Å². The van der Waals surface area contributed by atoms with Crippen molar-refractivity contribution in [2.75, 3.05) is 13.2 Å². The summed E-state index contributed by atoms with van der Waals surface area (Å²) in [4.78, 5) is 4.36. The highest BCUT2D eigenvalue weighted by atomic mass is 79.9. The van der Waals surface area contributed by atoms with E-state index in [4.69, 9.17) is 9.84 Å². The molecule has 0 atom stereocenters. The number of hydrogen-bond donors (Lipinski definition) is 1. The van der Waals surface area contributed by atoms with Crippen molar-refractivity contribution in [2.24, 2.45) is 0 Å². The van der Waals surface area contributed by atoms with Crippen LogP contribution in [-0.2, 0) is 0 Å². The summed E-state index contributed by atoms with van der Waals surface area (Å²) in [5, 5.41) is 9.71. The first-order valence-electron chi connectivity index (χ1n) is 5.09. The summed E-state index contributed by atoms with van der Waals surface area (Å²) in [6, 6.07) is 9.72. The van der Waals surface area contributed by atoms with Crippen molar-refractivity contribution >= 4 is 26.8 Å². The van der Waals surface area contributed by atoms with E-state index < -0.39 is 0 Å². The molecule has 2 aromatic rings. The van der Waals surface area contributed by atoms with Gasteiger partial charge in [-0.15, -0.1) is 0 Å². The van der Waals surface area contributed by atoms with Gasteiger partial charge in [-0.05, 0) is 24.3 Å². The molecule has 0 bridgehead atoms. The summed E-state index contributed by atoms with van der Waals surface area (Å²) in [6.07, 6.45) is 0.625. The van der Waals surface area contributed by atoms with Gasteiger partial charge in [0, 0.05) is 29.0 Å². The Balaban J connectivity index is 2.20. The van der Waals surface area contributed by atoms with Crippen molar-refractivity contribution in [1.29, 1.82) is 0 Å². The van der Waals surface area contributed by atoms with Crippen LogP contribution in [0.2, 0.25) is 0 Å². The Bertz CT molecular complexity index is 487. The normalized spacial score (nSPS) is 10.6. The lowest BCUT2D eigenvalue weighted by atomic mass is 10.2. The average molecular weight is 282 g/mol. The number of fused-ring (bicyclic) bond motifs is 1. The van der Waals surface area contributed by atoms with Crippen molar-refractivity contribution in [3.8, 4) is 5.88 Å². The molecule has 0 saturated heterocycles. The highest BCUT2D eigenvalue weighted by molar-refractivity contribution is 9.10. The second-order valence-electron chi connectivity index (χ2n) is 3.41. The maximum absolute atomic E-state index is 8.64. The minimum atomic E-state index is 0.139. The van der Waals surface area contributed by atoms with Gasteiger partial charge in [-0.2, -0.15) is 0 Å². The van der Waals surface area contributed by atoms with E-state index in [1.54, 1.807) is 0 Å². The molecular formula is C12H12BrNO2. The molecule has 0 radical (unpaired) electrons. The van der Waals surface area contributed by atoms with Gasteiger partial charge in [0.25, 0.3) is 0 Å². The summed E-state index contributed by atoms with van der Waals surface area (Å²) in [5.41, 5.74) is 0.907. The smallest absolute Gasteiger partial charge is 0.213 e. The summed E-state index contributed by atoms with van der Waals surface area (Å²) < 4.78 is 6.44. The molecule has 16 heavy (non-hydrogen) atoms. The molecule has 0 saturated carbocycles. The average Bonchev–Trinajstić information content (AvgIpc) is 2.29. The Labute approximate surface area is 102 Å².